The first-order valence-electron chi connectivity index (χ1n) is 5.85. The second kappa shape index (κ2) is 4.94. The highest BCUT2D eigenvalue weighted by Crippen LogP contribution is 2.36. The van der Waals surface area contributed by atoms with Crippen molar-refractivity contribution in [3.8, 4) is 11.5 Å². The van der Waals surface area contributed by atoms with E-state index in [1.165, 1.54) is 0 Å². The second-order valence-electron chi connectivity index (χ2n) is 4.41. The molecule has 0 aliphatic heterocycles. The van der Waals surface area contributed by atoms with E-state index < -0.39 is 6.10 Å². The van der Waals surface area contributed by atoms with Gasteiger partial charge in [0.05, 0.1) is 20.3 Å². The molecule has 0 unspecified atom stereocenters. The van der Waals surface area contributed by atoms with Crippen LogP contribution in [-0.2, 0) is 6.42 Å². The number of benzene rings is 1. The lowest BCUT2D eigenvalue weighted by Gasteiger charge is -2.19. The molecule has 0 fully saturated rings. The molecule has 0 amide bonds. The lowest BCUT2D eigenvalue weighted by molar-refractivity contribution is 0.144. The summed E-state index contributed by atoms with van der Waals surface area (Å²) in [5, 5.41) is 10.2. The van der Waals surface area contributed by atoms with Crippen LogP contribution >= 0.6 is 0 Å². The number of hydrogen-bond donors (Lipinski definition) is 2. The smallest absolute Gasteiger partial charge is 0.161 e. The average Bonchev–Trinajstić information content (AvgIpc) is 2.48. The van der Waals surface area contributed by atoms with E-state index in [-0.39, 0.29) is 6.04 Å². The third-order valence-corrected chi connectivity index (χ3v) is 3.35. The molecule has 17 heavy (non-hydrogen) atoms. The number of aliphatic hydroxyl groups is 1. The van der Waals surface area contributed by atoms with Crippen LogP contribution in [0.3, 0.4) is 0 Å². The summed E-state index contributed by atoms with van der Waals surface area (Å²) in [6.45, 7) is 0. The monoisotopic (exact) mass is 237 g/mol. The molecule has 2 rings (SSSR count). The van der Waals surface area contributed by atoms with Gasteiger partial charge in [-0.15, -0.1) is 0 Å². The summed E-state index contributed by atoms with van der Waals surface area (Å²) in [6.07, 6.45) is 2.12. The molecule has 0 aromatic heterocycles. The van der Waals surface area contributed by atoms with Crippen molar-refractivity contribution in [1.82, 2.24) is 0 Å². The van der Waals surface area contributed by atoms with Crippen molar-refractivity contribution in [3.05, 3.63) is 23.3 Å². The van der Waals surface area contributed by atoms with Crippen LogP contribution in [0.2, 0.25) is 0 Å². The first kappa shape index (κ1) is 12.2. The lowest BCUT2D eigenvalue weighted by atomic mass is 9.98. The zero-order chi connectivity index (χ0) is 12.4. The van der Waals surface area contributed by atoms with Crippen LogP contribution < -0.4 is 15.2 Å². The normalized spacial score (nSPS) is 23.8. The molecule has 0 saturated carbocycles. The van der Waals surface area contributed by atoms with Crippen molar-refractivity contribution < 1.29 is 14.6 Å². The fourth-order valence-electron chi connectivity index (χ4n) is 2.35. The summed E-state index contributed by atoms with van der Waals surface area (Å²) in [5.74, 6) is 1.34. The molecule has 1 aromatic carbocycles. The Morgan fingerprint density at radius 3 is 2.53 bits per heavy atom. The van der Waals surface area contributed by atoms with E-state index in [4.69, 9.17) is 15.2 Å². The Kier molecular flexibility index (Phi) is 3.54. The number of rotatable bonds is 2. The van der Waals surface area contributed by atoms with Gasteiger partial charge < -0.3 is 20.3 Å². The molecular weight excluding hydrogens is 218 g/mol. The number of methoxy groups -OCH3 is 2. The maximum Gasteiger partial charge on any atom is 0.161 e. The van der Waals surface area contributed by atoms with Gasteiger partial charge in [-0.25, -0.2) is 0 Å². The van der Waals surface area contributed by atoms with Gasteiger partial charge in [0, 0.05) is 6.04 Å². The molecule has 3 N–H and O–H groups in total. The van der Waals surface area contributed by atoms with Gasteiger partial charge in [-0.2, -0.15) is 0 Å². The number of aliphatic hydroxyl groups excluding tert-OH is 1. The maximum atomic E-state index is 10.2. The predicted octanol–water partition coefficient (Wildman–Crippen LogP) is 1.40. The summed E-state index contributed by atoms with van der Waals surface area (Å²) < 4.78 is 10.5. The van der Waals surface area contributed by atoms with E-state index >= 15 is 0 Å². The topological polar surface area (TPSA) is 64.7 Å². The van der Waals surface area contributed by atoms with Gasteiger partial charge in [-0.3, -0.25) is 0 Å². The Morgan fingerprint density at radius 1 is 1.24 bits per heavy atom. The molecule has 1 aliphatic carbocycles. The SMILES string of the molecule is COc1cc2c(cc1OC)[C@H](O)[C@H](N)CCC2. The highest BCUT2D eigenvalue weighted by molar-refractivity contribution is 5.49. The number of ether oxygens (including phenoxy) is 2. The summed E-state index contributed by atoms with van der Waals surface area (Å²) in [7, 11) is 3.20. The van der Waals surface area contributed by atoms with Gasteiger partial charge in [-0.1, -0.05) is 0 Å². The van der Waals surface area contributed by atoms with Crippen LogP contribution in [0.4, 0.5) is 0 Å². The van der Waals surface area contributed by atoms with Crippen molar-refractivity contribution in [2.24, 2.45) is 5.73 Å². The van der Waals surface area contributed by atoms with Gasteiger partial charge >= 0.3 is 0 Å². The van der Waals surface area contributed by atoms with Gasteiger partial charge in [0.1, 0.15) is 0 Å². The molecule has 1 aliphatic rings. The second-order valence-corrected chi connectivity index (χ2v) is 4.41. The number of aryl methyl sites for hydroxylation is 1. The minimum atomic E-state index is -0.618. The number of hydrogen-bond acceptors (Lipinski definition) is 4. The zero-order valence-corrected chi connectivity index (χ0v) is 10.3. The molecule has 1 aromatic rings. The molecule has 0 bridgehead atoms. The minimum Gasteiger partial charge on any atom is -0.493 e. The van der Waals surface area contributed by atoms with Crippen molar-refractivity contribution in [3.63, 3.8) is 0 Å². The van der Waals surface area contributed by atoms with Gasteiger partial charge in [0.25, 0.3) is 0 Å². The van der Waals surface area contributed by atoms with Gasteiger partial charge in [0.15, 0.2) is 11.5 Å². The summed E-state index contributed by atoms with van der Waals surface area (Å²) in [5.41, 5.74) is 7.90. The number of fused-ring (bicyclic) bond motifs is 1. The van der Waals surface area contributed by atoms with E-state index in [1.54, 1.807) is 14.2 Å². The van der Waals surface area contributed by atoms with Crippen molar-refractivity contribution >= 4 is 0 Å². The Labute approximate surface area is 101 Å². The van der Waals surface area contributed by atoms with Crippen LogP contribution in [0.1, 0.15) is 30.1 Å². The Morgan fingerprint density at radius 2 is 1.88 bits per heavy atom. The number of nitrogens with two attached hydrogens (primary N) is 1. The van der Waals surface area contributed by atoms with Crippen LogP contribution in [0.25, 0.3) is 0 Å². The Balaban J connectivity index is 2.49. The maximum absolute atomic E-state index is 10.2. The van der Waals surface area contributed by atoms with E-state index in [9.17, 15) is 5.11 Å². The average molecular weight is 237 g/mol. The van der Waals surface area contributed by atoms with Crippen molar-refractivity contribution in [2.75, 3.05) is 14.2 Å². The fourth-order valence-corrected chi connectivity index (χ4v) is 2.35. The molecular formula is C13H19NO3. The van der Waals surface area contributed by atoms with Crippen molar-refractivity contribution in [2.45, 2.75) is 31.4 Å². The first-order chi connectivity index (χ1) is 8.17. The van der Waals surface area contributed by atoms with E-state index in [0.29, 0.717) is 11.5 Å². The van der Waals surface area contributed by atoms with E-state index in [1.807, 2.05) is 12.1 Å². The van der Waals surface area contributed by atoms with Crippen LogP contribution in [0, 0.1) is 0 Å². The largest absolute Gasteiger partial charge is 0.493 e. The highest BCUT2D eigenvalue weighted by atomic mass is 16.5. The quantitative estimate of drug-likeness (QED) is 0.763. The van der Waals surface area contributed by atoms with Crippen molar-refractivity contribution in [1.29, 1.82) is 0 Å². The zero-order valence-electron chi connectivity index (χ0n) is 10.3. The third-order valence-electron chi connectivity index (χ3n) is 3.35. The minimum absolute atomic E-state index is 0.200. The summed E-state index contributed by atoms with van der Waals surface area (Å²) in [6, 6.07) is 3.58. The Hall–Kier alpha value is -1.26. The van der Waals surface area contributed by atoms with E-state index in [2.05, 4.69) is 0 Å². The van der Waals surface area contributed by atoms with Crippen LogP contribution in [0.5, 0.6) is 11.5 Å². The molecule has 0 saturated heterocycles. The Bertz CT molecular complexity index is 406. The molecule has 4 heteroatoms. The summed E-state index contributed by atoms with van der Waals surface area (Å²) in [4.78, 5) is 0. The molecule has 0 spiro atoms. The summed E-state index contributed by atoms with van der Waals surface area (Å²) >= 11 is 0. The molecule has 2 atom stereocenters. The standard InChI is InChI=1S/C13H19NO3/c1-16-11-6-8-4-3-5-10(14)13(15)9(8)7-12(11)17-2/h6-7,10,13,15H,3-5,14H2,1-2H3/t10-,13+/m1/s1. The molecule has 0 heterocycles. The fraction of sp³-hybridized carbons (Fsp3) is 0.538. The lowest BCUT2D eigenvalue weighted by Crippen LogP contribution is -2.27. The van der Waals surface area contributed by atoms with Crippen LogP contribution in [-0.4, -0.2) is 25.4 Å². The van der Waals surface area contributed by atoms with E-state index in [0.717, 1.165) is 30.4 Å². The van der Waals surface area contributed by atoms with Gasteiger partial charge in [0.2, 0.25) is 0 Å². The molecule has 0 radical (unpaired) electrons. The molecule has 94 valence electrons. The highest BCUT2D eigenvalue weighted by Gasteiger charge is 2.25. The predicted molar refractivity (Wildman–Crippen MR) is 65.4 cm³/mol. The molecule has 4 nitrogen and oxygen atoms in total. The third kappa shape index (κ3) is 2.23. The van der Waals surface area contributed by atoms with Crippen LogP contribution in [0.15, 0.2) is 12.1 Å². The van der Waals surface area contributed by atoms with Gasteiger partial charge in [-0.05, 0) is 42.5 Å². The first-order valence-corrected chi connectivity index (χ1v) is 5.85.